The molecule has 86 valence electrons. The molecule has 1 unspecified atom stereocenters. The monoisotopic (exact) mass is 225 g/mol. The summed E-state index contributed by atoms with van der Waals surface area (Å²) in [6.07, 6.45) is 2.19. The van der Waals surface area contributed by atoms with Crippen molar-refractivity contribution in [2.24, 2.45) is 5.84 Å². The fourth-order valence-corrected chi connectivity index (χ4v) is 1.60. The Labute approximate surface area is 91.6 Å². The first-order chi connectivity index (χ1) is 7.70. The molecule has 0 radical (unpaired) electrons. The van der Waals surface area contributed by atoms with Gasteiger partial charge in [-0.25, -0.2) is 15.2 Å². The average molecular weight is 225 g/mol. The van der Waals surface area contributed by atoms with E-state index in [0.717, 1.165) is 0 Å². The molecular formula is C9H12FN5O. The third-order valence-electron chi connectivity index (χ3n) is 2.42. The lowest BCUT2D eigenvalue weighted by atomic mass is 10.3. The Morgan fingerprint density at radius 1 is 1.62 bits per heavy atom. The number of alkyl halides is 1. The van der Waals surface area contributed by atoms with E-state index in [1.807, 2.05) is 0 Å². The zero-order valence-corrected chi connectivity index (χ0v) is 8.56. The van der Waals surface area contributed by atoms with Gasteiger partial charge in [0, 0.05) is 6.54 Å². The average Bonchev–Trinajstić information content (AvgIpc) is 2.75. The second-order valence-electron chi connectivity index (χ2n) is 3.57. The van der Waals surface area contributed by atoms with Gasteiger partial charge >= 0.3 is 0 Å². The Morgan fingerprint density at radius 3 is 3.06 bits per heavy atom. The van der Waals surface area contributed by atoms with Crippen LogP contribution in [-0.2, 0) is 0 Å². The van der Waals surface area contributed by atoms with Gasteiger partial charge in [0.25, 0.3) is 5.91 Å². The number of anilines is 1. The maximum atomic E-state index is 12.9. The van der Waals surface area contributed by atoms with Crippen molar-refractivity contribution in [3.05, 3.63) is 18.1 Å². The van der Waals surface area contributed by atoms with Crippen molar-refractivity contribution in [3.8, 4) is 0 Å². The van der Waals surface area contributed by atoms with Gasteiger partial charge in [0.05, 0.1) is 18.9 Å². The number of carbonyl (C=O) groups excluding carboxylic acids is 1. The van der Waals surface area contributed by atoms with Gasteiger partial charge in [-0.15, -0.1) is 0 Å². The number of likely N-dealkylation sites (tertiary alicyclic amines) is 1. The molecule has 1 saturated heterocycles. The van der Waals surface area contributed by atoms with Gasteiger partial charge in [-0.3, -0.25) is 9.78 Å². The molecule has 6 nitrogen and oxygen atoms in total. The number of nitrogens with zero attached hydrogens (tertiary/aromatic N) is 3. The number of amides is 1. The Morgan fingerprint density at radius 2 is 2.44 bits per heavy atom. The molecule has 1 aliphatic heterocycles. The quantitative estimate of drug-likeness (QED) is 0.544. The first-order valence-electron chi connectivity index (χ1n) is 4.92. The van der Waals surface area contributed by atoms with Gasteiger partial charge in [0.2, 0.25) is 0 Å². The van der Waals surface area contributed by atoms with Crippen molar-refractivity contribution >= 4 is 11.7 Å². The smallest absolute Gasteiger partial charge is 0.274 e. The van der Waals surface area contributed by atoms with Crippen molar-refractivity contribution in [3.63, 3.8) is 0 Å². The van der Waals surface area contributed by atoms with Crippen LogP contribution in [0, 0.1) is 0 Å². The van der Waals surface area contributed by atoms with E-state index in [4.69, 9.17) is 5.84 Å². The van der Waals surface area contributed by atoms with Crippen LogP contribution in [-0.4, -0.2) is 40.0 Å². The fraction of sp³-hybridized carbons (Fsp3) is 0.444. The lowest BCUT2D eigenvalue weighted by Crippen LogP contribution is -2.30. The van der Waals surface area contributed by atoms with Crippen molar-refractivity contribution in [2.75, 3.05) is 18.5 Å². The van der Waals surface area contributed by atoms with E-state index >= 15 is 0 Å². The topological polar surface area (TPSA) is 84.1 Å². The third-order valence-corrected chi connectivity index (χ3v) is 2.42. The van der Waals surface area contributed by atoms with Gasteiger partial charge in [0.15, 0.2) is 5.82 Å². The molecule has 0 spiro atoms. The van der Waals surface area contributed by atoms with Crippen LogP contribution in [0.5, 0.6) is 0 Å². The minimum atomic E-state index is -0.937. The van der Waals surface area contributed by atoms with E-state index in [9.17, 15) is 9.18 Å². The van der Waals surface area contributed by atoms with Crippen LogP contribution in [0.3, 0.4) is 0 Å². The lowest BCUT2D eigenvalue weighted by Gasteiger charge is -2.14. The molecule has 1 aromatic heterocycles. The molecule has 1 atom stereocenters. The summed E-state index contributed by atoms with van der Waals surface area (Å²) < 4.78 is 12.9. The van der Waals surface area contributed by atoms with Crippen LogP contribution < -0.4 is 11.3 Å². The molecule has 0 saturated carbocycles. The van der Waals surface area contributed by atoms with Crippen LogP contribution in [0.2, 0.25) is 0 Å². The van der Waals surface area contributed by atoms with E-state index in [-0.39, 0.29) is 18.1 Å². The number of halogens is 1. The minimum absolute atomic E-state index is 0.126. The SMILES string of the molecule is NNc1cncc(C(=O)N2CCC(F)C2)n1. The predicted octanol–water partition coefficient (Wildman–Crippen LogP) is -0.0538. The second kappa shape index (κ2) is 4.40. The number of nitrogens with one attached hydrogen (secondary N) is 1. The van der Waals surface area contributed by atoms with E-state index in [2.05, 4.69) is 15.4 Å². The van der Waals surface area contributed by atoms with E-state index in [1.54, 1.807) is 0 Å². The highest BCUT2D eigenvalue weighted by molar-refractivity contribution is 5.92. The van der Waals surface area contributed by atoms with Gasteiger partial charge in [-0.05, 0) is 6.42 Å². The van der Waals surface area contributed by atoms with Crippen molar-refractivity contribution in [2.45, 2.75) is 12.6 Å². The van der Waals surface area contributed by atoms with Crippen LogP contribution in [0.15, 0.2) is 12.4 Å². The summed E-state index contributed by atoms with van der Waals surface area (Å²) in [7, 11) is 0. The zero-order valence-electron chi connectivity index (χ0n) is 8.56. The maximum Gasteiger partial charge on any atom is 0.274 e. The second-order valence-corrected chi connectivity index (χ2v) is 3.57. The van der Waals surface area contributed by atoms with E-state index in [0.29, 0.717) is 18.8 Å². The van der Waals surface area contributed by atoms with E-state index < -0.39 is 6.17 Å². The fourth-order valence-electron chi connectivity index (χ4n) is 1.60. The van der Waals surface area contributed by atoms with E-state index in [1.165, 1.54) is 17.3 Å². The minimum Gasteiger partial charge on any atom is -0.334 e. The maximum absolute atomic E-state index is 12.9. The summed E-state index contributed by atoms with van der Waals surface area (Å²) >= 11 is 0. The molecule has 0 aliphatic carbocycles. The summed E-state index contributed by atoms with van der Waals surface area (Å²) in [5, 5.41) is 0. The highest BCUT2D eigenvalue weighted by Crippen LogP contribution is 2.15. The van der Waals surface area contributed by atoms with Crippen molar-refractivity contribution in [1.82, 2.24) is 14.9 Å². The normalized spacial score (nSPS) is 19.9. The summed E-state index contributed by atoms with van der Waals surface area (Å²) in [5.74, 6) is 5.15. The Balaban J connectivity index is 2.14. The first-order valence-corrected chi connectivity index (χ1v) is 4.92. The van der Waals surface area contributed by atoms with Crippen LogP contribution in [0.4, 0.5) is 10.2 Å². The summed E-state index contributed by atoms with van der Waals surface area (Å²) in [4.78, 5) is 21.0. The van der Waals surface area contributed by atoms with Gasteiger partial charge in [-0.1, -0.05) is 0 Å². The highest BCUT2D eigenvalue weighted by atomic mass is 19.1. The van der Waals surface area contributed by atoms with Crippen LogP contribution in [0.25, 0.3) is 0 Å². The zero-order chi connectivity index (χ0) is 11.5. The Bertz CT molecular complexity index is 399. The Kier molecular flexibility index (Phi) is 2.95. The molecule has 2 heterocycles. The first kappa shape index (κ1) is 10.7. The van der Waals surface area contributed by atoms with Gasteiger partial charge in [0.1, 0.15) is 11.9 Å². The largest absolute Gasteiger partial charge is 0.334 e. The van der Waals surface area contributed by atoms with Crippen molar-refractivity contribution in [1.29, 1.82) is 0 Å². The third kappa shape index (κ3) is 2.08. The molecule has 7 heteroatoms. The molecule has 1 aromatic rings. The molecule has 0 bridgehead atoms. The Hall–Kier alpha value is -1.76. The number of rotatable bonds is 2. The van der Waals surface area contributed by atoms with Crippen molar-refractivity contribution < 1.29 is 9.18 Å². The van der Waals surface area contributed by atoms with Crippen LogP contribution in [0.1, 0.15) is 16.9 Å². The molecule has 1 amide bonds. The van der Waals surface area contributed by atoms with Crippen LogP contribution >= 0.6 is 0 Å². The number of nitrogens with two attached hydrogens (primary N) is 1. The predicted molar refractivity (Wildman–Crippen MR) is 55.3 cm³/mol. The lowest BCUT2D eigenvalue weighted by molar-refractivity contribution is 0.0776. The van der Waals surface area contributed by atoms with Gasteiger partial charge < -0.3 is 10.3 Å². The molecule has 16 heavy (non-hydrogen) atoms. The molecule has 2 rings (SSSR count). The number of hydrogen-bond acceptors (Lipinski definition) is 5. The number of nitrogen functional groups attached to an aromatic ring is 1. The van der Waals surface area contributed by atoms with Gasteiger partial charge in [-0.2, -0.15) is 0 Å². The highest BCUT2D eigenvalue weighted by Gasteiger charge is 2.27. The number of hydrazine groups is 1. The number of carbonyl (C=O) groups is 1. The molecule has 3 N–H and O–H groups in total. The summed E-state index contributed by atoms with van der Waals surface area (Å²) in [6.45, 7) is 0.544. The summed E-state index contributed by atoms with van der Waals surface area (Å²) in [6, 6.07) is 0. The summed E-state index contributed by atoms with van der Waals surface area (Å²) in [5.41, 5.74) is 2.47. The molecular weight excluding hydrogens is 213 g/mol. The molecule has 1 aliphatic rings. The molecule has 0 aromatic carbocycles. The standard InChI is InChI=1S/C9H12FN5O/c10-6-1-2-15(5-6)9(16)7-3-12-4-8(13-7)14-11/h3-4,6H,1-2,5,11H2,(H,13,14). The molecule has 1 fully saturated rings. The number of hydrogen-bond donors (Lipinski definition) is 2. The number of aromatic nitrogens is 2.